The van der Waals surface area contributed by atoms with Gasteiger partial charge in [-0.05, 0) is 230 Å². The Hall–Kier alpha value is -0.870. The van der Waals surface area contributed by atoms with Gasteiger partial charge in [-0.25, -0.2) is 0 Å². The van der Waals surface area contributed by atoms with Crippen molar-refractivity contribution in [1.29, 1.82) is 0 Å². The molecule has 0 radical (unpaired) electrons. The van der Waals surface area contributed by atoms with Crippen molar-refractivity contribution in [3.05, 3.63) is 0 Å². The summed E-state index contributed by atoms with van der Waals surface area (Å²) in [6.07, 6.45) is 11.7. The molecule has 13 heteroatoms. The number of rotatable bonds is 13. The number of piperidine rings is 3. The summed E-state index contributed by atoms with van der Waals surface area (Å²) in [5.41, 5.74) is 0. The third kappa shape index (κ3) is 24.4. The van der Waals surface area contributed by atoms with Crippen molar-refractivity contribution in [2.45, 2.75) is 189 Å². The second-order valence-corrected chi connectivity index (χ2v) is 25.3. The van der Waals surface area contributed by atoms with Gasteiger partial charge in [-0.3, -0.25) is 18.8 Å². The van der Waals surface area contributed by atoms with Crippen LogP contribution in [0.15, 0.2) is 0 Å². The predicted octanol–water partition coefficient (Wildman–Crippen LogP) is 6.49. The maximum Gasteiger partial charge on any atom is 0.223 e. The van der Waals surface area contributed by atoms with Crippen LogP contribution in [0.5, 0.6) is 0 Å². The Kier molecular flexibility index (Phi) is 30.6. The molecule has 0 N–H and O–H groups in total. The fourth-order valence-corrected chi connectivity index (χ4v) is 11.9. The molecule has 0 bridgehead atoms. The molecule has 0 saturated carbocycles. The lowest BCUT2D eigenvalue weighted by Crippen LogP contribution is -2.51. The summed E-state index contributed by atoms with van der Waals surface area (Å²) in [6, 6.07) is 5.97. The minimum Gasteiger partial charge on any atom is -0.340 e. The number of hydrogen-bond donors (Lipinski definition) is 0. The van der Waals surface area contributed by atoms with Crippen LogP contribution in [0.25, 0.3) is 0 Å². The first-order chi connectivity index (χ1) is 31.6. The Morgan fingerprint density at radius 3 is 1.24 bits per heavy atom. The van der Waals surface area contributed by atoms with E-state index in [9.17, 15) is 9.00 Å². The molecule has 6 rings (SSSR count). The van der Waals surface area contributed by atoms with E-state index in [0.717, 1.165) is 93.6 Å². The number of carbonyl (C=O) groups is 1. The molecule has 6 fully saturated rings. The van der Waals surface area contributed by atoms with Gasteiger partial charge in [0.25, 0.3) is 0 Å². The number of piperazine rings is 1. The monoisotopic (exact) mass is 967 g/mol. The smallest absolute Gasteiger partial charge is 0.223 e. The zero-order chi connectivity index (χ0) is 50.3. The third-order valence-electron chi connectivity index (χ3n) is 15.8. The van der Waals surface area contributed by atoms with Crippen molar-refractivity contribution in [2.75, 3.05) is 151 Å². The Labute approximate surface area is 417 Å². The lowest BCUT2D eigenvalue weighted by molar-refractivity contribution is -0.133. The third-order valence-corrected chi connectivity index (χ3v) is 17.7. The van der Waals surface area contributed by atoms with E-state index < -0.39 is 9.52 Å². The van der Waals surface area contributed by atoms with E-state index in [-0.39, 0.29) is 0 Å². The summed E-state index contributed by atoms with van der Waals surface area (Å²) in [5, 5.41) is 0. The molecule has 6 saturated heterocycles. The van der Waals surface area contributed by atoms with Gasteiger partial charge in [0.05, 0.1) is 0 Å². The summed E-state index contributed by atoms with van der Waals surface area (Å²) in [5.74, 6) is 5.59. The molecule has 0 aromatic heterocycles. The summed E-state index contributed by atoms with van der Waals surface area (Å²) in [4.78, 5) is 36.2. The normalized spacial score (nSPS) is 22.8. The lowest BCUT2D eigenvalue weighted by Gasteiger charge is -2.39. The Balaban J connectivity index is 0.000000289. The standard InChI is InChI=1S/C12H25N3O.C12H24N2.C12H26N2.C10H22N2.C8H17NOS/c1-11(2)14-7-9-15(10-8-14)12(16)5-6-13(3)4;1-11(2)13-9-5-12(6-10-13)14-7-3-4-8-14;1-5-13(6-2)12-7-9-14(10-8-12)11(3)4;1-9(2)12-7-5-10(6-8-12)11(3)4;1-8(2)9-4-6-11(3,10)7-5-9/h11H,5-10H2,1-4H3;11-12H,3-10H2,1-2H3;11-12H,5-10H2,1-4H3;9-10H,5-8H2,1-4H3;8H,3-7H2,1-2H3. The second-order valence-electron chi connectivity index (χ2n) is 22.6. The van der Waals surface area contributed by atoms with Gasteiger partial charge in [-0.15, -0.1) is 0 Å². The highest BCUT2D eigenvalue weighted by Gasteiger charge is 2.28. The van der Waals surface area contributed by atoms with Gasteiger partial charge in [-0.1, -0.05) is 13.8 Å². The summed E-state index contributed by atoms with van der Waals surface area (Å²) < 4.78 is 11.4. The molecular formula is C54H114N10O2S. The molecule has 0 unspecified atom stereocenters. The van der Waals surface area contributed by atoms with Crippen LogP contribution in [0.3, 0.4) is 0 Å². The van der Waals surface area contributed by atoms with Gasteiger partial charge >= 0.3 is 0 Å². The first kappa shape index (κ1) is 62.2. The molecule has 0 aromatic carbocycles. The van der Waals surface area contributed by atoms with E-state index in [2.05, 4.69) is 147 Å². The second kappa shape index (κ2) is 33.0. The number of hydrogen-bond acceptors (Lipinski definition) is 11. The van der Waals surface area contributed by atoms with Crippen molar-refractivity contribution >= 4 is 21.3 Å². The van der Waals surface area contributed by atoms with Gasteiger partial charge in [0.2, 0.25) is 5.91 Å². The SMILES string of the molecule is C=S1(=O)CCN(C(C)C)CC1.CC(C)N1CCC(N(C)C)CC1.CC(C)N1CCC(N2CCCC2)CC1.CC(C)N1CCN(C(=O)CCN(C)C)CC1.CCN(CC)C1CCN(C(C)C)CC1. The largest absolute Gasteiger partial charge is 0.340 e. The van der Waals surface area contributed by atoms with E-state index in [0.29, 0.717) is 24.4 Å². The highest BCUT2D eigenvalue weighted by Crippen LogP contribution is 2.22. The molecule has 0 aliphatic carbocycles. The van der Waals surface area contributed by atoms with E-state index in [1.54, 1.807) is 0 Å². The zero-order valence-electron chi connectivity index (χ0n) is 47.3. The van der Waals surface area contributed by atoms with Gasteiger partial charge in [0.1, 0.15) is 0 Å². The van der Waals surface area contributed by atoms with Crippen LogP contribution in [0.4, 0.5) is 0 Å². The Bertz CT molecular complexity index is 1300. The summed E-state index contributed by atoms with van der Waals surface area (Å²) in [6.45, 7) is 46.7. The quantitative estimate of drug-likeness (QED) is 0.191. The first-order valence-electron chi connectivity index (χ1n) is 27.7. The lowest BCUT2D eigenvalue weighted by atomic mass is 10.0. The molecule has 0 aromatic rings. The number of nitrogens with zero attached hydrogens (tertiary/aromatic N) is 10. The summed E-state index contributed by atoms with van der Waals surface area (Å²) >= 11 is 0. The molecule has 0 atom stereocenters. The van der Waals surface area contributed by atoms with Crippen LogP contribution in [0.1, 0.15) is 141 Å². The van der Waals surface area contributed by atoms with Crippen LogP contribution < -0.4 is 0 Å². The highest BCUT2D eigenvalue weighted by atomic mass is 32.2. The molecule has 0 spiro atoms. The van der Waals surface area contributed by atoms with Gasteiger partial charge in [0, 0.05) is 112 Å². The first-order valence-corrected chi connectivity index (χ1v) is 29.7. The maximum absolute atomic E-state index is 11.9. The molecule has 67 heavy (non-hydrogen) atoms. The van der Waals surface area contributed by atoms with Crippen molar-refractivity contribution < 1.29 is 9.00 Å². The van der Waals surface area contributed by atoms with Crippen LogP contribution in [-0.4, -0.2) is 264 Å². The van der Waals surface area contributed by atoms with Crippen LogP contribution in [-0.2, 0) is 14.3 Å². The van der Waals surface area contributed by atoms with Crippen molar-refractivity contribution in [3.8, 4) is 0 Å². The molecule has 6 heterocycles. The predicted molar refractivity (Wildman–Crippen MR) is 295 cm³/mol. The van der Waals surface area contributed by atoms with Crippen LogP contribution in [0, 0.1) is 0 Å². The minimum absolute atomic E-state index is 0.303. The Morgan fingerprint density at radius 2 is 0.881 bits per heavy atom. The fourth-order valence-electron chi connectivity index (χ4n) is 10.6. The van der Waals surface area contributed by atoms with E-state index >= 15 is 0 Å². The molecule has 6 aliphatic heterocycles. The Morgan fingerprint density at radius 1 is 0.522 bits per heavy atom. The topological polar surface area (TPSA) is 66.5 Å². The number of amides is 1. The molecular weight excluding hydrogens is 853 g/mol. The van der Waals surface area contributed by atoms with Gasteiger partial charge in [-0.2, -0.15) is 0 Å². The van der Waals surface area contributed by atoms with Crippen LogP contribution >= 0.6 is 0 Å². The average molecular weight is 968 g/mol. The molecule has 12 nitrogen and oxygen atoms in total. The van der Waals surface area contributed by atoms with E-state index in [4.69, 9.17) is 0 Å². The zero-order valence-corrected chi connectivity index (χ0v) is 48.1. The maximum atomic E-state index is 11.9. The van der Waals surface area contributed by atoms with Crippen LogP contribution in [0.2, 0.25) is 0 Å². The number of carbonyl (C=O) groups excluding carboxylic acids is 1. The fraction of sp³-hybridized carbons (Fsp3) is 0.963. The van der Waals surface area contributed by atoms with Crippen molar-refractivity contribution in [2.24, 2.45) is 0 Å². The number of likely N-dealkylation sites (tertiary alicyclic amines) is 4. The highest BCUT2D eigenvalue weighted by molar-refractivity contribution is 8.00. The molecule has 6 aliphatic rings. The van der Waals surface area contributed by atoms with Crippen molar-refractivity contribution in [1.82, 2.24) is 49.0 Å². The van der Waals surface area contributed by atoms with Gasteiger partial charge < -0.3 is 39.2 Å². The van der Waals surface area contributed by atoms with Crippen molar-refractivity contribution in [3.63, 3.8) is 0 Å². The molecule has 398 valence electrons. The van der Waals surface area contributed by atoms with E-state index in [1.807, 2.05) is 19.0 Å². The van der Waals surface area contributed by atoms with Gasteiger partial charge in [0.15, 0.2) is 0 Å². The summed E-state index contributed by atoms with van der Waals surface area (Å²) in [7, 11) is 6.70. The molecule has 1 amide bonds. The minimum atomic E-state index is -1.69. The van der Waals surface area contributed by atoms with E-state index in [1.165, 1.54) is 117 Å². The average Bonchev–Trinajstić information content (AvgIpc) is 3.85.